The van der Waals surface area contributed by atoms with E-state index in [4.69, 9.17) is 9.29 Å². The Morgan fingerprint density at radius 2 is 1.48 bits per heavy atom. The number of benzene rings is 1. The number of alkyl halides is 6. The van der Waals surface area contributed by atoms with Gasteiger partial charge in [0.25, 0.3) is 10.1 Å². The van der Waals surface area contributed by atoms with Crippen LogP contribution in [0.25, 0.3) is 0 Å². The summed E-state index contributed by atoms with van der Waals surface area (Å²) < 4.78 is 118. The van der Waals surface area contributed by atoms with E-state index in [0.717, 1.165) is 5.46 Å². The number of carbonyl (C=O) groups is 2. The van der Waals surface area contributed by atoms with E-state index in [-0.39, 0.29) is 5.75 Å². The molecule has 1 N–H and O–H groups in total. The third-order valence-corrected chi connectivity index (χ3v) is 5.22. The predicted molar refractivity (Wildman–Crippen MR) is 112 cm³/mol. The van der Waals surface area contributed by atoms with Crippen molar-refractivity contribution in [1.82, 2.24) is 0 Å². The van der Waals surface area contributed by atoms with Gasteiger partial charge in [-0.25, -0.2) is 0 Å². The summed E-state index contributed by atoms with van der Waals surface area (Å²) in [5.74, 6) is -5.66. The highest BCUT2D eigenvalue weighted by molar-refractivity contribution is 7.85. The Morgan fingerprint density at radius 1 is 0.970 bits per heavy atom. The predicted octanol–water partition coefficient (Wildman–Crippen LogP) is -1.29. The summed E-state index contributed by atoms with van der Waals surface area (Å²) in [5, 5.41) is 0. The lowest BCUT2D eigenvalue weighted by Gasteiger charge is -2.35. The Hall–Kier alpha value is -2.16. The molecule has 182 valence electrons. The number of esters is 2. The molecule has 0 fully saturated rings. The molecule has 0 radical (unpaired) electrons. The first-order chi connectivity index (χ1) is 14.8. The van der Waals surface area contributed by atoms with Crippen LogP contribution in [0, 0.1) is 0 Å². The second-order valence-corrected chi connectivity index (χ2v) is 8.73. The van der Waals surface area contributed by atoms with Crippen LogP contribution in [-0.4, -0.2) is 72.2 Å². The quantitative estimate of drug-likeness (QED) is 0.147. The van der Waals surface area contributed by atoms with Crippen molar-refractivity contribution in [3.8, 4) is 5.75 Å². The summed E-state index contributed by atoms with van der Waals surface area (Å²) in [7, 11) is -0.558. The molecule has 0 aliphatic heterocycles. The van der Waals surface area contributed by atoms with E-state index in [2.05, 4.69) is 4.74 Å². The van der Waals surface area contributed by atoms with Crippen molar-refractivity contribution in [2.24, 2.45) is 0 Å². The normalized spacial score (nSPS) is 12.9. The van der Waals surface area contributed by atoms with Crippen molar-refractivity contribution >= 4 is 56.5 Å². The molecule has 0 aromatic heterocycles. The molecule has 17 heteroatoms. The van der Waals surface area contributed by atoms with Crippen LogP contribution in [0.1, 0.15) is 24.8 Å². The van der Waals surface area contributed by atoms with Crippen molar-refractivity contribution in [3.05, 3.63) is 17.7 Å². The van der Waals surface area contributed by atoms with Crippen molar-refractivity contribution in [2.75, 3.05) is 5.75 Å². The van der Waals surface area contributed by atoms with E-state index < -0.39 is 65.0 Å². The average molecular weight is 502 g/mol. The van der Waals surface area contributed by atoms with Crippen molar-refractivity contribution in [1.29, 1.82) is 0 Å². The molecule has 0 amide bonds. The van der Waals surface area contributed by atoms with Gasteiger partial charge in [0, 0.05) is 12.8 Å². The second kappa shape index (κ2) is 10.4. The van der Waals surface area contributed by atoms with Crippen LogP contribution in [0.15, 0.2) is 12.1 Å². The van der Waals surface area contributed by atoms with Crippen LogP contribution >= 0.6 is 0 Å². The molecule has 0 spiro atoms. The summed E-state index contributed by atoms with van der Waals surface area (Å²) in [6.45, 7) is 0. The first kappa shape index (κ1) is 28.9. The minimum atomic E-state index is -6.41. The fourth-order valence-corrected chi connectivity index (χ4v) is 3.86. The second-order valence-electron chi connectivity index (χ2n) is 7.27. The first-order valence-electron chi connectivity index (χ1n) is 9.44. The van der Waals surface area contributed by atoms with E-state index in [9.17, 15) is 44.3 Å². The van der Waals surface area contributed by atoms with Gasteiger partial charge >= 0.3 is 29.9 Å². The maximum atomic E-state index is 13.1. The van der Waals surface area contributed by atoms with Crippen LogP contribution in [0.5, 0.6) is 5.75 Å². The van der Waals surface area contributed by atoms with Gasteiger partial charge in [0.05, 0.1) is 0 Å². The topological polar surface area (TPSA) is 107 Å². The fraction of sp³-hybridized carbons (Fsp3) is 0.500. The number of ether oxygens (including phenoxy) is 2. The molecule has 0 bridgehead atoms. The van der Waals surface area contributed by atoms with Gasteiger partial charge in [0.2, 0.25) is 0 Å². The third kappa shape index (κ3) is 7.69. The Kier molecular flexibility index (Phi) is 9.11. The molecule has 0 saturated heterocycles. The molecule has 0 atom stereocenters. The maximum absolute atomic E-state index is 13.1. The minimum Gasteiger partial charge on any atom is -0.438 e. The molecule has 0 heterocycles. The van der Waals surface area contributed by atoms with E-state index >= 15 is 0 Å². The summed E-state index contributed by atoms with van der Waals surface area (Å²) in [6, 6.07) is 3.51. The molecule has 33 heavy (non-hydrogen) atoms. The smallest absolute Gasteiger partial charge is 0.438 e. The van der Waals surface area contributed by atoms with Gasteiger partial charge in [-0.15, -0.1) is 0 Å². The van der Waals surface area contributed by atoms with Crippen molar-refractivity contribution in [3.63, 3.8) is 0 Å². The van der Waals surface area contributed by atoms with Crippen LogP contribution < -0.4 is 15.7 Å². The lowest BCUT2D eigenvalue weighted by Crippen LogP contribution is -2.63. The van der Waals surface area contributed by atoms with E-state index in [1.807, 2.05) is 15.7 Å². The first-order valence-corrected chi connectivity index (χ1v) is 11.0. The molecule has 1 aromatic rings. The third-order valence-electron chi connectivity index (χ3n) is 4.44. The van der Waals surface area contributed by atoms with Gasteiger partial charge in [-0.2, -0.15) is 34.8 Å². The molecule has 0 aliphatic rings. The standard InChI is InChI=1S/C16H19B3F6O7S/c17-6-8-4-9(18)5-10(19)13(8)31-11(26)2-1-3-12(27)32-14(15(20,21)22,16(23,24)25)7-33(28,29)30/h4-5H,1-3,6-7,17-19H2,(H,28,29,30). The van der Waals surface area contributed by atoms with E-state index in [1.54, 1.807) is 20.0 Å². The van der Waals surface area contributed by atoms with Gasteiger partial charge in [-0.1, -0.05) is 23.9 Å². The lowest BCUT2D eigenvalue weighted by atomic mass is 9.81. The number of carbonyl (C=O) groups excluding carboxylic acids is 2. The number of halogens is 6. The molecule has 0 saturated carbocycles. The zero-order valence-electron chi connectivity index (χ0n) is 17.8. The molecule has 0 unspecified atom stereocenters. The molecule has 0 aliphatic carbocycles. The summed E-state index contributed by atoms with van der Waals surface area (Å²) in [4.78, 5) is 23.8. The van der Waals surface area contributed by atoms with Crippen molar-refractivity contribution in [2.45, 2.75) is 43.5 Å². The number of rotatable bonds is 9. The highest BCUT2D eigenvalue weighted by atomic mass is 32.2. The van der Waals surface area contributed by atoms with Gasteiger partial charge < -0.3 is 9.47 Å². The molecule has 1 rings (SSSR count). The summed E-state index contributed by atoms with van der Waals surface area (Å²) >= 11 is 0. The highest BCUT2D eigenvalue weighted by Crippen LogP contribution is 2.47. The number of hydrogen-bond donors (Lipinski definition) is 1. The van der Waals surface area contributed by atoms with Crippen molar-refractivity contribution < 1.29 is 58.4 Å². The van der Waals surface area contributed by atoms with Gasteiger partial charge in [-0.3, -0.25) is 14.1 Å². The molecular formula is C16H19B3F6O7S. The maximum Gasteiger partial charge on any atom is 0.438 e. The zero-order chi connectivity index (χ0) is 25.8. The molecule has 7 nitrogen and oxygen atoms in total. The average Bonchev–Trinajstić information content (AvgIpc) is 2.60. The Balaban J connectivity index is 2.90. The van der Waals surface area contributed by atoms with E-state index in [0.29, 0.717) is 17.3 Å². The molecule has 1 aromatic carbocycles. The van der Waals surface area contributed by atoms with Crippen LogP contribution in [-0.2, 0) is 30.8 Å². The largest absolute Gasteiger partial charge is 0.438 e. The van der Waals surface area contributed by atoms with Crippen LogP contribution in [0.2, 0.25) is 0 Å². The van der Waals surface area contributed by atoms with Crippen LogP contribution in [0.3, 0.4) is 0 Å². The Morgan fingerprint density at radius 3 is 1.94 bits per heavy atom. The fourth-order valence-electron chi connectivity index (χ4n) is 2.96. The lowest BCUT2D eigenvalue weighted by molar-refractivity contribution is -0.361. The SMILES string of the molecule is BCc1cc(B)cc(B)c1OC(=O)CCCC(=O)OC(CS(=O)(=O)O)(C(F)(F)F)C(F)(F)F. The summed E-state index contributed by atoms with van der Waals surface area (Å²) in [6.07, 6.45) is -14.5. The van der Waals surface area contributed by atoms with Gasteiger partial charge in [0.15, 0.2) is 0 Å². The highest BCUT2D eigenvalue weighted by Gasteiger charge is 2.75. The van der Waals surface area contributed by atoms with Crippen LogP contribution in [0.4, 0.5) is 26.3 Å². The zero-order valence-corrected chi connectivity index (χ0v) is 18.6. The molecular weight excluding hydrogens is 483 g/mol. The Labute approximate surface area is 188 Å². The summed E-state index contributed by atoms with van der Waals surface area (Å²) in [5.41, 5.74) is -3.23. The van der Waals surface area contributed by atoms with Gasteiger partial charge in [-0.05, 0) is 17.4 Å². The van der Waals surface area contributed by atoms with E-state index in [1.165, 1.54) is 0 Å². The minimum absolute atomic E-state index is 0.261. The van der Waals surface area contributed by atoms with Gasteiger partial charge in [0.1, 0.15) is 35.0 Å². The monoisotopic (exact) mass is 502 g/mol. The number of hydrogen-bond acceptors (Lipinski definition) is 6. The Bertz CT molecular complexity index is 982.